The van der Waals surface area contributed by atoms with Crippen LogP contribution in [0.25, 0.3) is 0 Å². The molecular formula is C15H25BN4O2. The second-order valence-corrected chi connectivity index (χ2v) is 7.18. The highest BCUT2D eigenvalue weighted by atomic mass is 16.7. The van der Waals surface area contributed by atoms with Gasteiger partial charge in [-0.15, -0.1) is 0 Å². The smallest absolute Gasteiger partial charge is 0.398 e. The van der Waals surface area contributed by atoms with E-state index in [9.17, 15) is 0 Å². The monoisotopic (exact) mass is 304 g/mol. The van der Waals surface area contributed by atoms with E-state index in [1.54, 1.807) is 6.33 Å². The lowest BCUT2D eigenvalue weighted by Gasteiger charge is -2.33. The fourth-order valence-electron chi connectivity index (χ4n) is 2.66. The summed E-state index contributed by atoms with van der Waals surface area (Å²) in [6, 6.07) is 1.99. The maximum Gasteiger partial charge on any atom is 0.514 e. The van der Waals surface area contributed by atoms with E-state index in [0.29, 0.717) is 0 Å². The third kappa shape index (κ3) is 2.85. The summed E-state index contributed by atoms with van der Waals surface area (Å²) in [7, 11) is 1.71. The minimum atomic E-state index is -0.431. The lowest BCUT2D eigenvalue weighted by molar-refractivity contribution is 0.00578. The van der Waals surface area contributed by atoms with Crippen LogP contribution < -0.4 is 10.5 Å². The Labute approximate surface area is 133 Å². The number of rotatable bonds is 2. The van der Waals surface area contributed by atoms with Crippen LogP contribution in [-0.2, 0) is 9.31 Å². The van der Waals surface area contributed by atoms with Gasteiger partial charge >= 0.3 is 7.12 Å². The van der Waals surface area contributed by atoms with Crippen molar-refractivity contribution in [1.29, 1.82) is 0 Å². The van der Waals surface area contributed by atoms with Crippen LogP contribution in [0.5, 0.6) is 0 Å². The second-order valence-electron chi connectivity index (χ2n) is 7.18. The van der Waals surface area contributed by atoms with Crippen molar-refractivity contribution in [2.24, 2.45) is 0 Å². The van der Waals surface area contributed by atoms with Gasteiger partial charge in [-0.2, -0.15) is 0 Å². The Kier molecular flexibility index (Phi) is 3.91. The molecule has 2 aliphatic rings. The van der Waals surface area contributed by atoms with Gasteiger partial charge in [-0.1, -0.05) is 0 Å². The molecule has 0 atom stereocenters. The fourth-order valence-corrected chi connectivity index (χ4v) is 2.66. The quantitative estimate of drug-likeness (QED) is 0.743. The molecule has 3 heterocycles. The molecule has 2 fully saturated rings. The molecule has 0 spiro atoms. The third-order valence-electron chi connectivity index (χ3n) is 5.00. The zero-order chi connectivity index (χ0) is 16.0. The van der Waals surface area contributed by atoms with Crippen molar-refractivity contribution in [2.75, 3.05) is 38.1 Å². The molecule has 0 amide bonds. The molecule has 0 bridgehead atoms. The van der Waals surface area contributed by atoms with Crippen molar-refractivity contribution in [3.05, 3.63) is 12.4 Å². The highest BCUT2D eigenvalue weighted by Crippen LogP contribution is 2.36. The number of nitrogens with zero attached hydrogens (tertiary/aromatic N) is 4. The summed E-state index contributed by atoms with van der Waals surface area (Å²) in [5.41, 5.74) is 0.0929. The number of hydrogen-bond donors (Lipinski definition) is 0. The molecule has 0 N–H and O–H groups in total. The van der Waals surface area contributed by atoms with Gasteiger partial charge in [0, 0.05) is 26.2 Å². The van der Waals surface area contributed by atoms with Gasteiger partial charge in [-0.25, -0.2) is 9.97 Å². The number of hydrogen-bond acceptors (Lipinski definition) is 6. The minimum Gasteiger partial charge on any atom is -0.398 e. The molecule has 2 aliphatic heterocycles. The Morgan fingerprint density at radius 1 is 1.00 bits per heavy atom. The zero-order valence-electron chi connectivity index (χ0n) is 14.2. The highest BCUT2D eigenvalue weighted by molar-refractivity contribution is 6.61. The standard InChI is InChI=1S/C15H25BN4O2/c1-14(2)15(3,4)22-16(21-14)12-10-13(18-11-17-12)20-8-6-19(5)7-9-20/h10-11H,6-9H2,1-5H3. The molecule has 3 rings (SSSR count). The summed E-state index contributed by atoms with van der Waals surface area (Å²) in [6.07, 6.45) is 1.61. The highest BCUT2D eigenvalue weighted by Gasteiger charge is 2.52. The Balaban J connectivity index is 1.78. The van der Waals surface area contributed by atoms with E-state index in [1.165, 1.54) is 0 Å². The van der Waals surface area contributed by atoms with Crippen LogP contribution in [0.1, 0.15) is 27.7 Å². The number of likely N-dealkylation sites (N-methyl/N-ethyl adjacent to an activating group) is 1. The van der Waals surface area contributed by atoms with Crippen molar-refractivity contribution in [1.82, 2.24) is 14.9 Å². The van der Waals surface area contributed by atoms with E-state index in [0.717, 1.165) is 37.6 Å². The maximum atomic E-state index is 6.07. The molecule has 0 aliphatic carbocycles. The van der Waals surface area contributed by atoms with E-state index < -0.39 is 7.12 Å². The predicted octanol–water partition coefficient (Wildman–Crippen LogP) is 0.528. The summed E-state index contributed by atoms with van der Waals surface area (Å²) in [4.78, 5) is 13.4. The van der Waals surface area contributed by atoms with Gasteiger partial charge < -0.3 is 19.1 Å². The summed E-state index contributed by atoms with van der Waals surface area (Å²) < 4.78 is 12.1. The Morgan fingerprint density at radius 3 is 2.18 bits per heavy atom. The van der Waals surface area contributed by atoms with Gasteiger partial charge in [-0.3, -0.25) is 0 Å². The molecule has 7 heteroatoms. The normalized spacial score (nSPS) is 24.8. The second kappa shape index (κ2) is 5.47. The van der Waals surface area contributed by atoms with Gasteiger partial charge in [-0.05, 0) is 40.8 Å². The third-order valence-corrected chi connectivity index (χ3v) is 5.00. The Bertz CT molecular complexity index is 528. The van der Waals surface area contributed by atoms with Crippen LogP contribution in [0, 0.1) is 0 Å². The lowest BCUT2D eigenvalue weighted by atomic mass is 9.84. The molecule has 22 heavy (non-hydrogen) atoms. The summed E-state index contributed by atoms with van der Waals surface area (Å²) in [6.45, 7) is 12.3. The molecule has 2 saturated heterocycles. The number of anilines is 1. The van der Waals surface area contributed by atoms with Crippen LogP contribution in [0.2, 0.25) is 0 Å². The SMILES string of the molecule is CN1CCN(c2cc(B3OC(C)(C)C(C)(C)O3)ncn2)CC1. The molecule has 6 nitrogen and oxygen atoms in total. The van der Waals surface area contributed by atoms with Gasteiger partial charge in [0.1, 0.15) is 12.1 Å². The molecular weight excluding hydrogens is 279 g/mol. The first kappa shape index (κ1) is 15.7. The van der Waals surface area contributed by atoms with Crippen molar-refractivity contribution in [3.63, 3.8) is 0 Å². The van der Waals surface area contributed by atoms with Gasteiger partial charge in [0.05, 0.1) is 16.8 Å². The van der Waals surface area contributed by atoms with Gasteiger partial charge in [0.15, 0.2) is 0 Å². The lowest BCUT2D eigenvalue weighted by Crippen LogP contribution is -2.45. The van der Waals surface area contributed by atoms with Crippen LogP contribution in [-0.4, -0.2) is 66.4 Å². The van der Waals surface area contributed by atoms with Crippen molar-refractivity contribution in [3.8, 4) is 0 Å². The van der Waals surface area contributed by atoms with E-state index in [1.807, 2.05) is 6.07 Å². The first-order chi connectivity index (χ1) is 10.3. The van der Waals surface area contributed by atoms with E-state index in [4.69, 9.17) is 9.31 Å². The largest absolute Gasteiger partial charge is 0.514 e. The average molecular weight is 304 g/mol. The van der Waals surface area contributed by atoms with Crippen LogP contribution in [0.3, 0.4) is 0 Å². The van der Waals surface area contributed by atoms with Crippen LogP contribution >= 0.6 is 0 Å². The maximum absolute atomic E-state index is 6.07. The average Bonchev–Trinajstić information content (AvgIpc) is 2.68. The summed E-state index contributed by atoms with van der Waals surface area (Å²) in [5, 5.41) is 0. The molecule has 1 aromatic rings. The van der Waals surface area contributed by atoms with Gasteiger partial charge in [0.25, 0.3) is 0 Å². The molecule has 0 unspecified atom stereocenters. The Morgan fingerprint density at radius 2 is 1.59 bits per heavy atom. The number of piperazine rings is 1. The Hall–Kier alpha value is -1.18. The first-order valence-corrected chi connectivity index (χ1v) is 7.90. The molecule has 1 aromatic heterocycles. The van der Waals surface area contributed by atoms with Crippen LogP contribution in [0.4, 0.5) is 5.82 Å². The van der Waals surface area contributed by atoms with E-state index in [2.05, 4.69) is 54.5 Å². The molecule has 0 aromatic carbocycles. The topological polar surface area (TPSA) is 50.7 Å². The molecule has 0 saturated carbocycles. The first-order valence-electron chi connectivity index (χ1n) is 7.90. The molecule has 120 valence electrons. The van der Waals surface area contributed by atoms with E-state index in [-0.39, 0.29) is 11.2 Å². The minimum absolute atomic E-state index is 0.351. The van der Waals surface area contributed by atoms with Crippen molar-refractivity contribution >= 4 is 18.5 Å². The van der Waals surface area contributed by atoms with E-state index >= 15 is 0 Å². The zero-order valence-corrected chi connectivity index (χ0v) is 14.2. The fraction of sp³-hybridized carbons (Fsp3) is 0.733. The van der Waals surface area contributed by atoms with Gasteiger partial charge in [0.2, 0.25) is 0 Å². The predicted molar refractivity (Wildman–Crippen MR) is 87.5 cm³/mol. The van der Waals surface area contributed by atoms with Crippen LogP contribution in [0.15, 0.2) is 12.4 Å². The summed E-state index contributed by atoms with van der Waals surface area (Å²) in [5.74, 6) is 0.952. The van der Waals surface area contributed by atoms with Crippen molar-refractivity contribution in [2.45, 2.75) is 38.9 Å². The summed E-state index contributed by atoms with van der Waals surface area (Å²) >= 11 is 0. The molecule has 0 radical (unpaired) electrons. The van der Waals surface area contributed by atoms with Crippen molar-refractivity contribution < 1.29 is 9.31 Å². The number of aromatic nitrogens is 2.